The summed E-state index contributed by atoms with van der Waals surface area (Å²) in [5.74, 6) is -0.0852. The number of thiophene rings is 1. The first-order valence-electron chi connectivity index (χ1n) is 7.34. The molecule has 124 valence electrons. The summed E-state index contributed by atoms with van der Waals surface area (Å²) in [6, 6.07) is 9.35. The van der Waals surface area contributed by atoms with E-state index < -0.39 is 10.0 Å². The number of rotatable bonds is 6. The van der Waals surface area contributed by atoms with Gasteiger partial charge in [-0.2, -0.15) is 0 Å². The summed E-state index contributed by atoms with van der Waals surface area (Å²) in [5.41, 5.74) is 2.30. The van der Waals surface area contributed by atoms with Crippen LogP contribution in [-0.4, -0.2) is 30.2 Å². The molecular formula is C17H17N3O2S2. The monoisotopic (exact) mass is 359 g/mol. The highest BCUT2D eigenvalue weighted by molar-refractivity contribution is 7.90. The van der Waals surface area contributed by atoms with Gasteiger partial charge in [0.05, 0.1) is 22.0 Å². The third-order valence-electron chi connectivity index (χ3n) is 3.45. The van der Waals surface area contributed by atoms with Crippen molar-refractivity contribution < 1.29 is 8.42 Å². The standard InChI is InChI=1S/C17H17N3O2S2/c1-18-15-11-16(17-7-3-9-23-17)20(13-15)24(21,22)10-4-6-14-5-2-8-19-12-14/h2-9,11-13,18H,10H2,1H3. The lowest BCUT2D eigenvalue weighted by Gasteiger charge is -2.07. The van der Waals surface area contributed by atoms with Crippen LogP contribution in [0.3, 0.4) is 0 Å². The van der Waals surface area contributed by atoms with E-state index in [0.717, 1.165) is 16.1 Å². The first kappa shape index (κ1) is 16.5. The average Bonchev–Trinajstić information content (AvgIpc) is 3.25. The molecule has 0 atom stereocenters. The van der Waals surface area contributed by atoms with Gasteiger partial charge >= 0.3 is 0 Å². The van der Waals surface area contributed by atoms with Crippen LogP contribution < -0.4 is 5.32 Å². The fourth-order valence-corrected chi connectivity index (χ4v) is 4.30. The van der Waals surface area contributed by atoms with E-state index in [1.54, 1.807) is 37.8 Å². The summed E-state index contributed by atoms with van der Waals surface area (Å²) in [6.07, 6.45) is 8.39. The molecule has 24 heavy (non-hydrogen) atoms. The van der Waals surface area contributed by atoms with Gasteiger partial charge in [-0.25, -0.2) is 12.4 Å². The highest BCUT2D eigenvalue weighted by atomic mass is 32.2. The molecule has 0 aliphatic heterocycles. The van der Waals surface area contributed by atoms with Crippen LogP contribution in [0.15, 0.2) is 60.4 Å². The van der Waals surface area contributed by atoms with Crippen molar-refractivity contribution in [3.8, 4) is 10.6 Å². The van der Waals surface area contributed by atoms with Gasteiger partial charge < -0.3 is 5.32 Å². The largest absolute Gasteiger partial charge is 0.387 e. The third-order valence-corrected chi connectivity index (χ3v) is 5.86. The van der Waals surface area contributed by atoms with Crippen LogP contribution in [0.1, 0.15) is 5.56 Å². The van der Waals surface area contributed by atoms with Crippen LogP contribution in [0, 0.1) is 0 Å². The van der Waals surface area contributed by atoms with Crippen LogP contribution >= 0.6 is 11.3 Å². The summed E-state index contributed by atoms with van der Waals surface area (Å²) in [7, 11) is -1.73. The molecule has 0 saturated heterocycles. The van der Waals surface area contributed by atoms with Crippen molar-refractivity contribution in [2.24, 2.45) is 0 Å². The van der Waals surface area contributed by atoms with Crippen molar-refractivity contribution in [2.75, 3.05) is 18.1 Å². The number of anilines is 1. The van der Waals surface area contributed by atoms with Crippen LogP contribution in [0.5, 0.6) is 0 Å². The number of hydrogen-bond acceptors (Lipinski definition) is 5. The molecule has 1 N–H and O–H groups in total. The fourth-order valence-electron chi connectivity index (χ4n) is 2.28. The summed E-state index contributed by atoms with van der Waals surface area (Å²) < 4.78 is 26.8. The Hall–Kier alpha value is -2.38. The minimum atomic E-state index is -3.50. The molecule has 0 amide bonds. The Bertz CT molecular complexity index is 928. The van der Waals surface area contributed by atoms with Crippen LogP contribution in [0.2, 0.25) is 0 Å². The molecule has 3 aromatic heterocycles. The van der Waals surface area contributed by atoms with Gasteiger partial charge in [-0.15, -0.1) is 11.3 Å². The van der Waals surface area contributed by atoms with E-state index in [4.69, 9.17) is 0 Å². The smallest absolute Gasteiger partial charge is 0.242 e. The summed E-state index contributed by atoms with van der Waals surface area (Å²) in [4.78, 5) is 4.92. The summed E-state index contributed by atoms with van der Waals surface area (Å²) >= 11 is 1.51. The van der Waals surface area contributed by atoms with Crippen LogP contribution in [0.4, 0.5) is 5.69 Å². The zero-order valence-corrected chi connectivity index (χ0v) is 14.7. The van der Waals surface area contributed by atoms with E-state index >= 15 is 0 Å². The zero-order chi connectivity index (χ0) is 17.0. The zero-order valence-electron chi connectivity index (χ0n) is 13.1. The van der Waals surface area contributed by atoms with E-state index in [9.17, 15) is 8.42 Å². The Labute approximate surface area is 145 Å². The predicted molar refractivity (Wildman–Crippen MR) is 99.7 cm³/mol. The van der Waals surface area contributed by atoms with Gasteiger partial charge in [0.15, 0.2) is 0 Å². The van der Waals surface area contributed by atoms with Crippen molar-refractivity contribution in [3.05, 3.63) is 65.9 Å². The van der Waals surface area contributed by atoms with Gasteiger partial charge in [0, 0.05) is 25.6 Å². The maximum atomic E-state index is 12.7. The molecule has 0 unspecified atom stereocenters. The molecule has 0 saturated carbocycles. The SMILES string of the molecule is CNc1cc(-c2cccs2)n(S(=O)(=O)CC=Cc2cccnc2)c1. The molecule has 0 spiro atoms. The fraction of sp³-hybridized carbons (Fsp3) is 0.118. The second-order valence-corrected chi connectivity index (χ2v) is 7.94. The molecule has 0 aromatic carbocycles. The Balaban J connectivity index is 1.89. The molecule has 5 nitrogen and oxygen atoms in total. The summed E-state index contributed by atoms with van der Waals surface area (Å²) in [6.45, 7) is 0. The molecule has 3 rings (SSSR count). The van der Waals surface area contributed by atoms with Crippen LogP contribution in [-0.2, 0) is 10.0 Å². The first-order valence-corrected chi connectivity index (χ1v) is 9.83. The Kier molecular flexibility index (Phi) is 4.82. The van der Waals surface area contributed by atoms with Crippen molar-refractivity contribution in [2.45, 2.75) is 0 Å². The second-order valence-electron chi connectivity index (χ2n) is 5.10. The second kappa shape index (κ2) is 7.02. The first-order chi connectivity index (χ1) is 11.6. The average molecular weight is 359 g/mol. The van der Waals surface area contributed by atoms with Gasteiger partial charge in [-0.05, 0) is 29.1 Å². The van der Waals surface area contributed by atoms with Gasteiger partial charge in [0.25, 0.3) is 0 Å². The van der Waals surface area contributed by atoms with Gasteiger partial charge in [0.2, 0.25) is 10.0 Å². The number of aromatic nitrogens is 2. The van der Waals surface area contributed by atoms with Gasteiger partial charge in [0.1, 0.15) is 0 Å². The molecule has 0 radical (unpaired) electrons. The maximum absolute atomic E-state index is 12.7. The van der Waals surface area contributed by atoms with Crippen molar-refractivity contribution in [1.82, 2.24) is 8.96 Å². The van der Waals surface area contributed by atoms with Crippen LogP contribution in [0.25, 0.3) is 16.6 Å². The summed E-state index contributed by atoms with van der Waals surface area (Å²) in [5, 5.41) is 4.93. The highest BCUT2D eigenvalue weighted by Crippen LogP contribution is 2.30. The number of hydrogen-bond donors (Lipinski definition) is 1. The predicted octanol–water partition coefficient (Wildman–Crippen LogP) is 3.54. The van der Waals surface area contributed by atoms with Crippen molar-refractivity contribution >= 4 is 33.1 Å². The van der Waals surface area contributed by atoms with E-state index in [-0.39, 0.29) is 5.75 Å². The highest BCUT2D eigenvalue weighted by Gasteiger charge is 2.18. The quantitative estimate of drug-likeness (QED) is 0.731. The Morgan fingerprint density at radius 3 is 2.88 bits per heavy atom. The lowest BCUT2D eigenvalue weighted by atomic mass is 10.3. The van der Waals surface area contributed by atoms with E-state index in [0.29, 0.717) is 5.69 Å². The third kappa shape index (κ3) is 3.58. The Morgan fingerprint density at radius 1 is 1.33 bits per heavy atom. The number of nitrogens with one attached hydrogen (secondary N) is 1. The van der Waals surface area contributed by atoms with Crippen molar-refractivity contribution in [1.29, 1.82) is 0 Å². The molecule has 0 bridgehead atoms. The van der Waals surface area contributed by atoms with E-state index in [2.05, 4.69) is 10.3 Å². The molecule has 0 aliphatic carbocycles. The van der Waals surface area contributed by atoms with Gasteiger partial charge in [-0.3, -0.25) is 4.98 Å². The lowest BCUT2D eigenvalue weighted by molar-refractivity contribution is 0.591. The topological polar surface area (TPSA) is 64.0 Å². The van der Waals surface area contributed by atoms with Crippen molar-refractivity contribution in [3.63, 3.8) is 0 Å². The normalized spacial score (nSPS) is 11.9. The molecule has 7 heteroatoms. The number of pyridine rings is 1. The van der Waals surface area contributed by atoms with Gasteiger partial charge in [-0.1, -0.05) is 24.3 Å². The maximum Gasteiger partial charge on any atom is 0.242 e. The molecule has 3 heterocycles. The number of nitrogens with zero attached hydrogens (tertiary/aromatic N) is 2. The Morgan fingerprint density at radius 2 is 2.21 bits per heavy atom. The molecule has 0 fully saturated rings. The molecule has 3 aromatic rings. The van der Waals surface area contributed by atoms with E-state index in [1.807, 2.05) is 35.7 Å². The minimum Gasteiger partial charge on any atom is -0.387 e. The minimum absolute atomic E-state index is 0.0852. The molecular weight excluding hydrogens is 342 g/mol. The lowest BCUT2D eigenvalue weighted by Crippen LogP contribution is -2.15. The van der Waals surface area contributed by atoms with E-state index in [1.165, 1.54) is 15.3 Å². The molecule has 0 aliphatic rings.